The lowest BCUT2D eigenvalue weighted by molar-refractivity contribution is -0.149. The van der Waals surface area contributed by atoms with Gasteiger partial charge in [0, 0.05) is 5.69 Å². The van der Waals surface area contributed by atoms with Gasteiger partial charge in [-0.3, -0.25) is 4.79 Å². The number of hydrogen-bond donors (Lipinski definition) is 3. The lowest BCUT2D eigenvalue weighted by atomic mass is 10.0. The Hall–Kier alpha value is -3.88. The third-order valence-electron chi connectivity index (χ3n) is 5.08. The number of hydrogen-bond acceptors (Lipinski definition) is 5. The van der Waals surface area contributed by atoms with Crippen LogP contribution in [-0.4, -0.2) is 53.6 Å². The van der Waals surface area contributed by atoms with Gasteiger partial charge in [-0.1, -0.05) is 36.4 Å². The number of ether oxygens (including phenoxy) is 1. The number of urea groups is 1. The molecular weight excluding hydrogens is 402 g/mol. The standard InChI is InChI=1S/C22H23N3O6/c1-31-21(29)15-8-5-9-16(12-15)24-22(30)23-13-19(26)25-17(10-11-18(25)20(27)28)14-6-3-2-4-7-14/h2-9,12,17-18H,10-11,13H2,1H3,(H,27,28)(H2,23,24,30)/t17-,18+/m1/s1. The van der Waals surface area contributed by atoms with Gasteiger partial charge in [-0.15, -0.1) is 0 Å². The molecule has 31 heavy (non-hydrogen) atoms. The smallest absolute Gasteiger partial charge is 0.337 e. The van der Waals surface area contributed by atoms with Gasteiger partial charge in [0.1, 0.15) is 6.04 Å². The fourth-order valence-electron chi connectivity index (χ4n) is 3.67. The van der Waals surface area contributed by atoms with E-state index in [4.69, 9.17) is 0 Å². The number of rotatable bonds is 6. The van der Waals surface area contributed by atoms with Crippen LogP contribution in [0, 0.1) is 0 Å². The maximum absolute atomic E-state index is 12.8. The van der Waals surface area contributed by atoms with Gasteiger partial charge in [0.25, 0.3) is 0 Å². The van der Waals surface area contributed by atoms with Crippen LogP contribution in [0.1, 0.15) is 34.8 Å². The number of carbonyl (C=O) groups is 4. The Morgan fingerprint density at radius 1 is 1.06 bits per heavy atom. The van der Waals surface area contributed by atoms with Crippen molar-refractivity contribution in [3.63, 3.8) is 0 Å². The first-order valence-electron chi connectivity index (χ1n) is 9.73. The van der Waals surface area contributed by atoms with Crippen molar-refractivity contribution in [1.82, 2.24) is 10.2 Å². The fourth-order valence-corrected chi connectivity index (χ4v) is 3.67. The van der Waals surface area contributed by atoms with Gasteiger partial charge >= 0.3 is 18.0 Å². The molecule has 2 aromatic carbocycles. The molecule has 9 heteroatoms. The van der Waals surface area contributed by atoms with Gasteiger partial charge in [-0.05, 0) is 36.6 Å². The zero-order valence-electron chi connectivity index (χ0n) is 16.9. The Balaban J connectivity index is 1.64. The van der Waals surface area contributed by atoms with E-state index in [9.17, 15) is 24.3 Å². The van der Waals surface area contributed by atoms with Crippen molar-refractivity contribution in [2.75, 3.05) is 19.0 Å². The van der Waals surface area contributed by atoms with Crippen molar-refractivity contribution in [3.05, 3.63) is 65.7 Å². The molecule has 1 aliphatic heterocycles. The minimum atomic E-state index is -1.07. The van der Waals surface area contributed by atoms with Crippen LogP contribution in [0.3, 0.4) is 0 Å². The first-order valence-corrected chi connectivity index (χ1v) is 9.73. The second-order valence-corrected chi connectivity index (χ2v) is 7.04. The van der Waals surface area contributed by atoms with Gasteiger partial charge in [0.05, 0.1) is 25.3 Å². The predicted octanol–water partition coefficient (Wildman–Crippen LogP) is 2.41. The molecule has 1 saturated heterocycles. The average molecular weight is 425 g/mol. The van der Waals surface area contributed by atoms with Gasteiger partial charge in [-0.2, -0.15) is 0 Å². The van der Waals surface area contributed by atoms with Crippen LogP contribution in [-0.2, 0) is 14.3 Å². The molecule has 0 aliphatic carbocycles. The van der Waals surface area contributed by atoms with Crippen molar-refractivity contribution in [1.29, 1.82) is 0 Å². The lowest BCUT2D eigenvalue weighted by Gasteiger charge is -2.28. The molecule has 3 rings (SSSR count). The predicted molar refractivity (Wildman–Crippen MR) is 111 cm³/mol. The third kappa shape index (κ3) is 5.19. The van der Waals surface area contributed by atoms with E-state index in [1.165, 1.54) is 18.1 Å². The number of benzene rings is 2. The van der Waals surface area contributed by atoms with E-state index in [1.807, 2.05) is 30.3 Å². The summed E-state index contributed by atoms with van der Waals surface area (Å²) in [5, 5.41) is 14.5. The summed E-state index contributed by atoms with van der Waals surface area (Å²) in [5.74, 6) is -2.10. The number of esters is 1. The summed E-state index contributed by atoms with van der Waals surface area (Å²) in [6.45, 7) is -0.365. The summed E-state index contributed by atoms with van der Waals surface area (Å²) in [5.41, 5.74) is 1.46. The van der Waals surface area contributed by atoms with Crippen LogP contribution >= 0.6 is 0 Å². The van der Waals surface area contributed by atoms with Crippen molar-refractivity contribution >= 4 is 29.6 Å². The maximum atomic E-state index is 12.8. The first-order chi connectivity index (χ1) is 14.9. The summed E-state index contributed by atoms with van der Waals surface area (Å²) >= 11 is 0. The van der Waals surface area contributed by atoms with Crippen LogP contribution in [0.5, 0.6) is 0 Å². The van der Waals surface area contributed by atoms with Crippen molar-refractivity contribution < 1.29 is 29.0 Å². The molecule has 162 valence electrons. The van der Waals surface area contributed by atoms with Crippen LogP contribution in [0.15, 0.2) is 54.6 Å². The highest BCUT2D eigenvalue weighted by molar-refractivity contribution is 5.95. The molecule has 9 nitrogen and oxygen atoms in total. The summed E-state index contributed by atoms with van der Waals surface area (Å²) in [4.78, 5) is 49.6. The molecule has 0 aromatic heterocycles. The van der Waals surface area contributed by atoms with Crippen LogP contribution in [0.2, 0.25) is 0 Å². The number of amides is 3. The number of nitrogens with zero attached hydrogens (tertiary/aromatic N) is 1. The Bertz CT molecular complexity index is 978. The van der Waals surface area contributed by atoms with E-state index in [0.717, 1.165) is 5.56 Å². The quantitative estimate of drug-likeness (QED) is 0.611. The zero-order chi connectivity index (χ0) is 22.4. The molecular formula is C22H23N3O6. The van der Waals surface area contributed by atoms with Crippen LogP contribution in [0.25, 0.3) is 0 Å². The molecule has 0 saturated carbocycles. The Labute approximate surface area is 179 Å². The third-order valence-corrected chi connectivity index (χ3v) is 5.08. The molecule has 2 atom stereocenters. The van der Waals surface area contributed by atoms with Crippen LogP contribution < -0.4 is 10.6 Å². The fraction of sp³-hybridized carbons (Fsp3) is 0.273. The summed E-state index contributed by atoms with van der Waals surface area (Å²) < 4.78 is 4.64. The van der Waals surface area contributed by atoms with E-state index < -0.39 is 29.9 Å². The van der Waals surface area contributed by atoms with Gasteiger partial charge in [0.15, 0.2) is 0 Å². The minimum absolute atomic E-state index is 0.267. The number of aliphatic carboxylic acids is 1. The molecule has 1 fully saturated rings. The molecule has 0 radical (unpaired) electrons. The molecule has 3 amide bonds. The van der Waals surface area contributed by atoms with Gasteiger partial charge in [-0.25, -0.2) is 14.4 Å². The Kier molecular flexibility index (Phi) is 6.86. The molecule has 0 unspecified atom stereocenters. The summed E-state index contributed by atoms with van der Waals surface area (Å²) in [7, 11) is 1.26. The number of carbonyl (C=O) groups excluding carboxylic acids is 3. The molecule has 1 aliphatic rings. The second-order valence-electron chi connectivity index (χ2n) is 7.04. The van der Waals surface area contributed by atoms with E-state index in [-0.39, 0.29) is 18.2 Å². The highest BCUT2D eigenvalue weighted by Gasteiger charge is 2.41. The van der Waals surface area contributed by atoms with E-state index in [0.29, 0.717) is 18.5 Å². The van der Waals surface area contributed by atoms with E-state index >= 15 is 0 Å². The van der Waals surface area contributed by atoms with E-state index in [2.05, 4.69) is 15.4 Å². The zero-order valence-corrected chi connectivity index (χ0v) is 16.9. The monoisotopic (exact) mass is 425 g/mol. The maximum Gasteiger partial charge on any atom is 0.337 e. The first kappa shape index (κ1) is 21.8. The molecule has 1 heterocycles. The highest BCUT2D eigenvalue weighted by Crippen LogP contribution is 2.36. The second kappa shape index (κ2) is 9.75. The van der Waals surface area contributed by atoms with Crippen molar-refractivity contribution in [2.24, 2.45) is 0 Å². The molecule has 0 spiro atoms. The average Bonchev–Trinajstić information content (AvgIpc) is 3.23. The number of likely N-dealkylation sites (tertiary alicyclic amines) is 1. The molecule has 3 N–H and O–H groups in total. The minimum Gasteiger partial charge on any atom is -0.480 e. The molecule has 2 aromatic rings. The largest absolute Gasteiger partial charge is 0.480 e. The van der Waals surface area contributed by atoms with Gasteiger partial charge in [0.2, 0.25) is 5.91 Å². The topological polar surface area (TPSA) is 125 Å². The normalized spacial score (nSPS) is 17.6. The highest BCUT2D eigenvalue weighted by atomic mass is 16.5. The van der Waals surface area contributed by atoms with Crippen LogP contribution in [0.4, 0.5) is 10.5 Å². The Morgan fingerprint density at radius 2 is 1.81 bits per heavy atom. The SMILES string of the molecule is COC(=O)c1cccc(NC(=O)NCC(=O)N2[C@@H](c3ccccc3)CC[C@H]2C(=O)O)c1. The molecule has 0 bridgehead atoms. The van der Waals surface area contributed by atoms with E-state index in [1.54, 1.807) is 18.2 Å². The van der Waals surface area contributed by atoms with Gasteiger partial charge < -0.3 is 25.4 Å². The summed E-state index contributed by atoms with van der Waals surface area (Å²) in [6.07, 6.45) is 0.867. The number of nitrogens with one attached hydrogen (secondary N) is 2. The Morgan fingerprint density at radius 3 is 2.48 bits per heavy atom. The lowest BCUT2D eigenvalue weighted by Crippen LogP contribution is -2.47. The van der Waals surface area contributed by atoms with Crippen molar-refractivity contribution in [2.45, 2.75) is 24.9 Å². The number of carboxylic acids is 1. The number of methoxy groups -OCH3 is 1. The number of anilines is 1. The summed E-state index contributed by atoms with van der Waals surface area (Å²) in [6, 6.07) is 13.4. The number of carboxylic acid groups (broad SMARTS) is 1. The van der Waals surface area contributed by atoms with Crippen molar-refractivity contribution in [3.8, 4) is 0 Å².